The lowest BCUT2D eigenvalue weighted by Crippen LogP contribution is -2.16. The van der Waals surface area contributed by atoms with Crippen LogP contribution in [0, 0.1) is 6.92 Å². The molecule has 0 atom stereocenters. The Hall–Kier alpha value is -1.76. The summed E-state index contributed by atoms with van der Waals surface area (Å²) in [6.45, 7) is 1.71. The van der Waals surface area contributed by atoms with Crippen LogP contribution in [-0.2, 0) is 0 Å². The molecule has 0 bridgehead atoms. The molecule has 1 heterocycles. The molecular weight excluding hydrogens is 339 g/mol. The van der Waals surface area contributed by atoms with Crippen molar-refractivity contribution in [3.8, 4) is 11.8 Å². The maximum absolute atomic E-state index is 8.68. The summed E-state index contributed by atoms with van der Waals surface area (Å²) >= 11 is 17.7. The van der Waals surface area contributed by atoms with Gasteiger partial charge in [0.25, 0.3) is 0 Å². The molecule has 6 nitrogen and oxygen atoms in total. The van der Waals surface area contributed by atoms with Crippen LogP contribution in [0.15, 0.2) is 23.4 Å². The summed E-state index contributed by atoms with van der Waals surface area (Å²) in [4.78, 5) is 8.09. The molecule has 110 valence electrons. The van der Waals surface area contributed by atoms with E-state index in [4.69, 9.17) is 50.5 Å². The second-order valence-corrected chi connectivity index (χ2v) is 5.18. The van der Waals surface area contributed by atoms with Crippen LogP contribution in [0.1, 0.15) is 11.4 Å². The summed E-state index contributed by atoms with van der Waals surface area (Å²) < 4.78 is 5.47. The number of nitrogens with two attached hydrogens (primary N) is 1. The quantitative estimate of drug-likeness (QED) is 0.291. The number of ether oxygens (including phenoxy) is 1. The van der Waals surface area contributed by atoms with Gasteiger partial charge in [-0.05, 0) is 19.1 Å². The number of oxime groups is 1. The molecule has 0 spiro atoms. The first-order chi connectivity index (χ1) is 9.90. The molecule has 0 amide bonds. The summed E-state index contributed by atoms with van der Waals surface area (Å²) in [5, 5.41) is 12.4. The Balaban J connectivity index is 2.40. The third-order valence-corrected chi connectivity index (χ3v) is 3.40. The van der Waals surface area contributed by atoms with Crippen LogP contribution in [0.3, 0.4) is 0 Å². The average Bonchev–Trinajstić information content (AvgIpc) is 2.43. The summed E-state index contributed by atoms with van der Waals surface area (Å²) in [6, 6.07) is 4.41. The highest BCUT2D eigenvalue weighted by Gasteiger charge is 2.12. The molecule has 1 aromatic heterocycles. The molecule has 0 unspecified atom stereocenters. The fraction of sp³-hybridized carbons (Fsp3) is 0.0833. The van der Waals surface area contributed by atoms with Gasteiger partial charge in [0.1, 0.15) is 5.69 Å². The Bertz CT molecular complexity index is 722. The van der Waals surface area contributed by atoms with Crippen molar-refractivity contribution in [3.63, 3.8) is 0 Å². The first-order valence-corrected chi connectivity index (χ1v) is 6.70. The number of aromatic nitrogens is 2. The largest absolute Gasteiger partial charge is 0.423 e. The smallest absolute Gasteiger partial charge is 0.322 e. The van der Waals surface area contributed by atoms with Crippen LogP contribution in [-0.4, -0.2) is 21.0 Å². The fourth-order valence-corrected chi connectivity index (χ4v) is 2.03. The Morgan fingerprint density at radius 1 is 1.14 bits per heavy atom. The number of hydrogen-bond acceptors (Lipinski definition) is 5. The van der Waals surface area contributed by atoms with Gasteiger partial charge in [-0.25, -0.2) is 4.98 Å². The van der Waals surface area contributed by atoms with Gasteiger partial charge in [-0.2, -0.15) is 4.98 Å². The number of hydrogen-bond donors (Lipinski definition) is 2. The van der Waals surface area contributed by atoms with Crippen LogP contribution in [0.25, 0.3) is 0 Å². The number of nitrogens with zero attached hydrogens (tertiary/aromatic N) is 3. The van der Waals surface area contributed by atoms with Crippen molar-refractivity contribution in [1.29, 1.82) is 0 Å². The lowest BCUT2D eigenvalue weighted by atomic mass is 10.3. The summed E-state index contributed by atoms with van der Waals surface area (Å²) in [5.74, 6) is 0.0766. The van der Waals surface area contributed by atoms with E-state index in [0.717, 1.165) is 0 Å². The summed E-state index contributed by atoms with van der Waals surface area (Å²) in [5.41, 5.74) is 6.27. The lowest BCUT2D eigenvalue weighted by molar-refractivity contribution is 0.318. The van der Waals surface area contributed by atoms with Crippen LogP contribution in [0.2, 0.25) is 15.1 Å². The summed E-state index contributed by atoms with van der Waals surface area (Å²) in [6.07, 6.45) is 0. The highest BCUT2D eigenvalue weighted by atomic mass is 35.5. The molecule has 0 aliphatic rings. The monoisotopic (exact) mass is 346 g/mol. The second kappa shape index (κ2) is 6.34. The zero-order valence-corrected chi connectivity index (χ0v) is 12.9. The van der Waals surface area contributed by atoms with Gasteiger partial charge < -0.3 is 15.7 Å². The predicted molar refractivity (Wildman–Crippen MR) is 80.8 cm³/mol. The van der Waals surface area contributed by atoms with E-state index in [1.807, 2.05) is 0 Å². The average molecular weight is 348 g/mol. The third kappa shape index (κ3) is 3.66. The van der Waals surface area contributed by atoms with Crippen LogP contribution in [0.5, 0.6) is 11.8 Å². The van der Waals surface area contributed by atoms with E-state index in [-0.39, 0.29) is 33.3 Å². The third-order valence-electron chi connectivity index (χ3n) is 2.38. The van der Waals surface area contributed by atoms with Crippen LogP contribution >= 0.6 is 34.8 Å². The van der Waals surface area contributed by atoms with Crippen molar-refractivity contribution in [2.75, 3.05) is 0 Å². The van der Waals surface area contributed by atoms with E-state index < -0.39 is 0 Å². The molecule has 9 heteroatoms. The normalized spacial score (nSPS) is 11.5. The molecule has 2 rings (SSSR count). The molecule has 0 saturated heterocycles. The van der Waals surface area contributed by atoms with Crippen molar-refractivity contribution in [2.45, 2.75) is 6.92 Å². The fourth-order valence-electron chi connectivity index (χ4n) is 1.45. The molecule has 1 aromatic carbocycles. The van der Waals surface area contributed by atoms with Gasteiger partial charge in [0, 0.05) is 11.8 Å². The minimum atomic E-state index is -0.161. The van der Waals surface area contributed by atoms with Crippen molar-refractivity contribution in [3.05, 3.63) is 44.7 Å². The molecule has 0 aliphatic heterocycles. The van der Waals surface area contributed by atoms with E-state index in [2.05, 4.69) is 15.1 Å². The summed E-state index contributed by atoms with van der Waals surface area (Å²) in [7, 11) is 0. The van der Waals surface area contributed by atoms with Gasteiger partial charge in [-0.3, -0.25) is 0 Å². The molecule has 0 radical (unpaired) electrons. The van der Waals surface area contributed by atoms with Crippen molar-refractivity contribution >= 4 is 40.6 Å². The lowest BCUT2D eigenvalue weighted by Gasteiger charge is -2.09. The minimum absolute atomic E-state index is 0.0168. The van der Waals surface area contributed by atoms with E-state index in [1.165, 1.54) is 12.1 Å². The molecule has 21 heavy (non-hydrogen) atoms. The number of rotatable bonds is 3. The standard InChI is InChI=1S/C12H9Cl3N4O2/c1-5-2-9(11(16)19-20)18-12(17-5)21-10-4-7(14)6(13)3-8(10)15/h2-4,20H,1H3,(H2,16,19). The Morgan fingerprint density at radius 3 is 2.48 bits per heavy atom. The highest BCUT2D eigenvalue weighted by Crippen LogP contribution is 2.35. The Labute approximate surface area is 135 Å². The van der Waals surface area contributed by atoms with E-state index in [9.17, 15) is 0 Å². The SMILES string of the molecule is Cc1cc(/C(N)=N/O)nc(Oc2cc(Cl)c(Cl)cc2Cl)n1. The van der Waals surface area contributed by atoms with Crippen molar-refractivity contribution < 1.29 is 9.94 Å². The topological polar surface area (TPSA) is 93.6 Å². The zero-order chi connectivity index (χ0) is 15.6. The van der Waals surface area contributed by atoms with Gasteiger partial charge in [0.05, 0.1) is 15.1 Å². The Morgan fingerprint density at radius 2 is 1.81 bits per heavy atom. The van der Waals surface area contributed by atoms with Gasteiger partial charge in [0.2, 0.25) is 0 Å². The number of benzene rings is 1. The molecule has 0 saturated carbocycles. The van der Waals surface area contributed by atoms with E-state index in [0.29, 0.717) is 10.7 Å². The number of halogens is 3. The van der Waals surface area contributed by atoms with E-state index in [1.54, 1.807) is 13.0 Å². The van der Waals surface area contributed by atoms with Gasteiger partial charge in [-0.15, -0.1) is 0 Å². The van der Waals surface area contributed by atoms with Gasteiger partial charge in [0.15, 0.2) is 11.6 Å². The molecule has 3 N–H and O–H groups in total. The molecule has 2 aromatic rings. The number of aryl methyl sites for hydroxylation is 1. The zero-order valence-electron chi connectivity index (χ0n) is 10.6. The van der Waals surface area contributed by atoms with Gasteiger partial charge >= 0.3 is 6.01 Å². The maximum atomic E-state index is 8.68. The predicted octanol–water partition coefficient (Wildman–Crippen LogP) is 3.63. The maximum Gasteiger partial charge on any atom is 0.322 e. The van der Waals surface area contributed by atoms with Crippen molar-refractivity contribution in [2.24, 2.45) is 10.9 Å². The van der Waals surface area contributed by atoms with Crippen LogP contribution < -0.4 is 10.5 Å². The molecule has 0 aliphatic carbocycles. The Kier molecular flexibility index (Phi) is 4.72. The van der Waals surface area contributed by atoms with Crippen LogP contribution in [0.4, 0.5) is 0 Å². The minimum Gasteiger partial charge on any atom is -0.423 e. The van der Waals surface area contributed by atoms with E-state index >= 15 is 0 Å². The first-order valence-electron chi connectivity index (χ1n) is 5.56. The number of amidine groups is 1. The highest BCUT2D eigenvalue weighted by molar-refractivity contribution is 6.43. The molecular formula is C12H9Cl3N4O2. The van der Waals surface area contributed by atoms with Gasteiger partial charge in [-0.1, -0.05) is 40.0 Å². The second-order valence-electron chi connectivity index (χ2n) is 3.96. The van der Waals surface area contributed by atoms with Crippen molar-refractivity contribution in [1.82, 2.24) is 9.97 Å². The molecule has 0 fully saturated rings. The first kappa shape index (κ1) is 15.6.